The summed E-state index contributed by atoms with van der Waals surface area (Å²) in [5.74, 6) is 0.752. The van der Waals surface area contributed by atoms with E-state index in [0.29, 0.717) is 0 Å². The minimum Gasteiger partial charge on any atom is -0.127 e. The van der Waals surface area contributed by atoms with Crippen LogP contribution in [0, 0.1) is 6.92 Å². The Hall–Kier alpha value is -0.836. The van der Waals surface area contributed by atoms with Crippen molar-refractivity contribution < 1.29 is 0 Å². The van der Waals surface area contributed by atoms with E-state index in [4.69, 9.17) is 11.6 Å². The van der Waals surface area contributed by atoms with E-state index in [0.717, 1.165) is 11.9 Å². The van der Waals surface area contributed by atoms with E-state index in [1.807, 2.05) is 0 Å². The SMILES string of the molecule is Cc1cc([SiH](CCCl)c2ccccc2)cc([Si](C)(C)C)c1. The Kier molecular flexibility index (Phi) is 5.47. The van der Waals surface area contributed by atoms with Gasteiger partial charge in [-0.25, -0.2) is 0 Å². The molecule has 0 aromatic heterocycles. The van der Waals surface area contributed by atoms with Crippen LogP contribution in [0.5, 0.6) is 0 Å². The molecule has 2 aromatic rings. The van der Waals surface area contributed by atoms with Gasteiger partial charge in [0.05, 0.1) is 8.07 Å². The summed E-state index contributed by atoms with van der Waals surface area (Å²) < 4.78 is 0. The van der Waals surface area contributed by atoms with Crippen molar-refractivity contribution in [3.8, 4) is 0 Å². The smallest absolute Gasteiger partial charge is 0.104 e. The molecule has 1 unspecified atom stereocenters. The van der Waals surface area contributed by atoms with Crippen LogP contribution in [-0.4, -0.2) is 22.8 Å². The standard InChI is InChI=1S/C18H25ClSi2/c1-15-12-17(14-18(13-15)21(2,3)4)20(11-10-19)16-8-6-5-7-9-16/h5-9,12-14,20H,10-11H2,1-4H3. The van der Waals surface area contributed by atoms with Gasteiger partial charge in [0.1, 0.15) is 8.80 Å². The summed E-state index contributed by atoms with van der Waals surface area (Å²) in [5, 5.41) is 4.63. The minimum absolute atomic E-state index is 0.752. The van der Waals surface area contributed by atoms with Crippen molar-refractivity contribution in [2.45, 2.75) is 32.6 Å². The molecule has 0 heterocycles. The van der Waals surface area contributed by atoms with E-state index < -0.39 is 16.9 Å². The zero-order chi connectivity index (χ0) is 15.5. The second-order valence-electron chi connectivity index (χ2n) is 6.82. The molecule has 0 aliphatic rings. The topological polar surface area (TPSA) is 0 Å². The van der Waals surface area contributed by atoms with Crippen molar-refractivity contribution in [3.63, 3.8) is 0 Å². The molecule has 0 fully saturated rings. The molecule has 0 saturated heterocycles. The van der Waals surface area contributed by atoms with Crippen LogP contribution in [0.1, 0.15) is 5.56 Å². The Labute approximate surface area is 136 Å². The maximum Gasteiger partial charge on any atom is 0.104 e. The van der Waals surface area contributed by atoms with E-state index in [-0.39, 0.29) is 0 Å². The van der Waals surface area contributed by atoms with Crippen LogP contribution < -0.4 is 15.6 Å². The number of hydrogen-bond acceptors (Lipinski definition) is 0. The molecule has 112 valence electrons. The molecule has 21 heavy (non-hydrogen) atoms. The largest absolute Gasteiger partial charge is 0.127 e. The van der Waals surface area contributed by atoms with Crippen molar-refractivity contribution in [1.82, 2.24) is 0 Å². The number of rotatable bonds is 5. The lowest BCUT2D eigenvalue weighted by molar-refractivity contribution is 1.43. The number of alkyl halides is 1. The van der Waals surface area contributed by atoms with Crippen LogP contribution in [0.15, 0.2) is 48.5 Å². The molecule has 0 radical (unpaired) electrons. The first-order chi connectivity index (χ1) is 9.91. The zero-order valence-electron chi connectivity index (χ0n) is 13.5. The van der Waals surface area contributed by atoms with E-state index in [1.165, 1.54) is 10.8 Å². The third-order valence-electron chi connectivity index (χ3n) is 3.97. The summed E-state index contributed by atoms with van der Waals surface area (Å²) in [6.45, 7) is 9.49. The third-order valence-corrected chi connectivity index (χ3v) is 9.77. The molecule has 3 heteroatoms. The van der Waals surface area contributed by atoms with Crippen molar-refractivity contribution in [2.24, 2.45) is 0 Å². The first-order valence-electron chi connectivity index (χ1n) is 7.65. The van der Waals surface area contributed by atoms with Gasteiger partial charge in [-0.1, -0.05) is 89.3 Å². The van der Waals surface area contributed by atoms with Gasteiger partial charge in [-0.2, -0.15) is 0 Å². The monoisotopic (exact) mass is 332 g/mol. The lowest BCUT2D eigenvalue weighted by atomic mass is 10.2. The summed E-state index contributed by atoms with van der Waals surface area (Å²) in [4.78, 5) is 0. The lowest BCUT2D eigenvalue weighted by Crippen LogP contribution is -2.47. The molecule has 0 bridgehead atoms. The highest BCUT2D eigenvalue weighted by molar-refractivity contribution is 6.90. The van der Waals surface area contributed by atoms with Crippen LogP contribution in [0.4, 0.5) is 0 Å². The molecule has 0 saturated carbocycles. The molecule has 0 N–H and O–H groups in total. The van der Waals surface area contributed by atoms with Crippen molar-refractivity contribution in [2.75, 3.05) is 5.88 Å². The molecule has 0 nitrogen and oxygen atoms in total. The number of hydrogen-bond donors (Lipinski definition) is 0. The molecule has 0 amide bonds. The fraction of sp³-hybridized carbons (Fsp3) is 0.333. The van der Waals surface area contributed by atoms with Gasteiger partial charge in [0, 0.05) is 5.88 Å². The maximum atomic E-state index is 6.11. The second kappa shape index (κ2) is 6.95. The molecule has 0 spiro atoms. The maximum absolute atomic E-state index is 6.11. The quantitative estimate of drug-likeness (QED) is 0.583. The molecule has 2 aromatic carbocycles. The Bertz CT molecular complexity index is 588. The van der Waals surface area contributed by atoms with Gasteiger partial charge in [0.25, 0.3) is 0 Å². The summed E-state index contributed by atoms with van der Waals surface area (Å²) in [6.07, 6.45) is 0. The lowest BCUT2D eigenvalue weighted by Gasteiger charge is -2.22. The van der Waals surface area contributed by atoms with Gasteiger partial charge in [-0.15, -0.1) is 11.6 Å². The van der Waals surface area contributed by atoms with E-state index in [9.17, 15) is 0 Å². The molecular formula is C18H25ClSi2. The van der Waals surface area contributed by atoms with Gasteiger partial charge < -0.3 is 0 Å². The predicted octanol–water partition coefficient (Wildman–Crippen LogP) is 3.12. The van der Waals surface area contributed by atoms with Gasteiger partial charge in [-0.05, 0) is 13.0 Å². The molecule has 0 aliphatic carbocycles. The summed E-state index contributed by atoms with van der Waals surface area (Å²) in [6, 6.07) is 19.3. The zero-order valence-corrected chi connectivity index (χ0v) is 16.4. The molecule has 1 atom stereocenters. The summed E-state index contributed by atoms with van der Waals surface area (Å²) in [7, 11) is -2.46. The van der Waals surface area contributed by atoms with Crippen molar-refractivity contribution >= 4 is 44.0 Å². The van der Waals surface area contributed by atoms with Crippen molar-refractivity contribution in [1.29, 1.82) is 0 Å². The predicted molar refractivity (Wildman–Crippen MR) is 103 cm³/mol. The fourth-order valence-electron chi connectivity index (χ4n) is 2.77. The number of benzene rings is 2. The van der Waals surface area contributed by atoms with Gasteiger partial charge in [0.2, 0.25) is 0 Å². The average molecular weight is 333 g/mol. The highest BCUT2D eigenvalue weighted by atomic mass is 35.5. The Morgan fingerprint density at radius 3 is 2.19 bits per heavy atom. The molecular weight excluding hydrogens is 308 g/mol. The summed E-state index contributed by atoms with van der Waals surface area (Å²) in [5.41, 5.74) is 1.40. The van der Waals surface area contributed by atoms with Gasteiger partial charge >= 0.3 is 0 Å². The molecule has 0 aliphatic heterocycles. The first-order valence-corrected chi connectivity index (χ1v) is 13.7. The van der Waals surface area contributed by atoms with Crippen LogP contribution in [-0.2, 0) is 0 Å². The highest BCUT2D eigenvalue weighted by Gasteiger charge is 2.21. The first kappa shape index (κ1) is 16.5. The fourth-order valence-corrected chi connectivity index (χ4v) is 7.65. The molecule has 2 rings (SSSR count). The Morgan fingerprint density at radius 2 is 1.62 bits per heavy atom. The van der Waals surface area contributed by atoms with Crippen LogP contribution >= 0.6 is 11.6 Å². The summed E-state index contributed by atoms with van der Waals surface area (Å²) >= 11 is 6.11. The van der Waals surface area contributed by atoms with E-state index in [1.54, 1.807) is 10.4 Å². The van der Waals surface area contributed by atoms with Crippen LogP contribution in [0.25, 0.3) is 0 Å². The highest BCUT2D eigenvalue weighted by Crippen LogP contribution is 2.06. The van der Waals surface area contributed by atoms with Crippen molar-refractivity contribution in [3.05, 3.63) is 54.1 Å². The third kappa shape index (κ3) is 4.32. The van der Waals surface area contributed by atoms with Gasteiger partial charge in [-0.3, -0.25) is 0 Å². The average Bonchev–Trinajstić information content (AvgIpc) is 2.44. The Morgan fingerprint density at radius 1 is 0.952 bits per heavy atom. The van der Waals surface area contributed by atoms with Gasteiger partial charge in [0.15, 0.2) is 0 Å². The normalized spacial score (nSPS) is 13.2. The minimum atomic E-state index is -1.28. The van der Waals surface area contributed by atoms with E-state index in [2.05, 4.69) is 75.1 Å². The number of halogens is 1. The second-order valence-corrected chi connectivity index (χ2v) is 15.3. The Balaban J connectivity index is 2.48. The van der Waals surface area contributed by atoms with Crippen LogP contribution in [0.2, 0.25) is 25.7 Å². The van der Waals surface area contributed by atoms with E-state index >= 15 is 0 Å². The van der Waals surface area contributed by atoms with Crippen LogP contribution in [0.3, 0.4) is 0 Å². The number of aryl methyl sites for hydroxylation is 1.